The van der Waals surface area contributed by atoms with Crippen LogP contribution in [0.25, 0.3) is 10.8 Å². The molecule has 5 nitrogen and oxygen atoms in total. The third kappa shape index (κ3) is 2.74. The van der Waals surface area contributed by atoms with E-state index in [1.807, 2.05) is 24.3 Å². The number of hydrogen-bond acceptors (Lipinski definition) is 4. The number of amides is 1. The van der Waals surface area contributed by atoms with Crippen LogP contribution < -0.4 is 11.1 Å². The summed E-state index contributed by atoms with van der Waals surface area (Å²) in [6.45, 7) is 0.841. The lowest BCUT2D eigenvalue weighted by Gasteiger charge is -2.26. The molecule has 20 heavy (non-hydrogen) atoms. The summed E-state index contributed by atoms with van der Waals surface area (Å²) in [5.74, 6) is -0.418. The number of aliphatic hydroxyl groups is 2. The van der Waals surface area contributed by atoms with E-state index in [1.54, 1.807) is 19.1 Å². The van der Waals surface area contributed by atoms with Gasteiger partial charge >= 0.3 is 0 Å². The Bertz CT molecular complexity index is 636. The summed E-state index contributed by atoms with van der Waals surface area (Å²) in [4.78, 5) is 12.2. The average Bonchev–Trinajstić information content (AvgIpc) is 2.46. The molecule has 0 aliphatic heterocycles. The van der Waals surface area contributed by atoms with E-state index in [9.17, 15) is 15.0 Å². The van der Waals surface area contributed by atoms with Gasteiger partial charge in [-0.05, 0) is 29.8 Å². The molecule has 0 radical (unpaired) electrons. The van der Waals surface area contributed by atoms with Crippen molar-refractivity contribution in [3.8, 4) is 0 Å². The van der Waals surface area contributed by atoms with E-state index in [2.05, 4.69) is 5.32 Å². The maximum Gasteiger partial charge on any atom is 0.253 e. The molecule has 0 heterocycles. The van der Waals surface area contributed by atoms with Gasteiger partial charge in [0.1, 0.15) is 0 Å². The highest BCUT2D eigenvalue weighted by atomic mass is 16.3. The maximum atomic E-state index is 12.2. The molecule has 0 saturated carbocycles. The molecule has 0 aromatic heterocycles. The van der Waals surface area contributed by atoms with Crippen molar-refractivity contribution in [3.05, 3.63) is 42.0 Å². The first-order chi connectivity index (χ1) is 9.49. The van der Waals surface area contributed by atoms with Crippen LogP contribution >= 0.6 is 0 Å². The predicted octanol–water partition coefficient (Wildman–Crippen LogP) is 0.895. The fourth-order valence-corrected chi connectivity index (χ4v) is 1.93. The van der Waals surface area contributed by atoms with E-state index in [-0.39, 0.29) is 13.2 Å². The SMILES string of the molecule is CC(CO)(CO)NC(=O)c1cc2ccccc2cc1N. The molecule has 1 amide bonds. The molecule has 5 heteroatoms. The number of benzene rings is 2. The van der Waals surface area contributed by atoms with Gasteiger partial charge in [0, 0.05) is 5.69 Å². The van der Waals surface area contributed by atoms with Crippen LogP contribution in [0.4, 0.5) is 5.69 Å². The summed E-state index contributed by atoms with van der Waals surface area (Å²) < 4.78 is 0. The first-order valence-corrected chi connectivity index (χ1v) is 6.31. The zero-order chi connectivity index (χ0) is 14.8. The molecular formula is C15H18N2O3. The van der Waals surface area contributed by atoms with E-state index in [0.717, 1.165) is 10.8 Å². The Balaban J connectivity index is 2.37. The number of nitrogen functional groups attached to an aromatic ring is 1. The number of anilines is 1. The topological polar surface area (TPSA) is 95.6 Å². The quantitative estimate of drug-likeness (QED) is 0.623. The number of hydrogen-bond donors (Lipinski definition) is 4. The standard InChI is InChI=1S/C15H18N2O3/c1-15(8-18,9-19)17-14(20)12-6-10-4-2-3-5-11(10)7-13(12)16/h2-7,18-19H,8-9,16H2,1H3,(H,17,20). The molecular weight excluding hydrogens is 256 g/mol. The van der Waals surface area contributed by atoms with Crippen molar-refractivity contribution in [1.82, 2.24) is 5.32 Å². The summed E-state index contributed by atoms with van der Waals surface area (Å²) in [5.41, 5.74) is 5.52. The lowest BCUT2D eigenvalue weighted by molar-refractivity contribution is 0.0724. The van der Waals surface area contributed by atoms with Gasteiger partial charge in [-0.25, -0.2) is 0 Å². The van der Waals surface area contributed by atoms with Crippen molar-refractivity contribution in [2.45, 2.75) is 12.5 Å². The fourth-order valence-electron chi connectivity index (χ4n) is 1.93. The number of aliphatic hydroxyl groups excluding tert-OH is 2. The van der Waals surface area contributed by atoms with Crippen molar-refractivity contribution in [2.24, 2.45) is 0 Å². The van der Waals surface area contributed by atoms with Gasteiger partial charge in [0.05, 0.1) is 24.3 Å². The zero-order valence-corrected chi connectivity index (χ0v) is 11.3. The lowest BCUT2D eigenvalue weighted by atomic mass is 10.0. The summed E-state index contributed by atoms with van der Waals surface area (Å²) in [5, 5.41) is 22.9. The third-order valence-electron chi connectivity index (χ3n) is 3.28. The smallest absolute Gasteiger partial charge is 0.253 e. The van der Waals surface area contributed by atoms with Crippen LogP contribution in [0.1, 0.15) is 17.3 Å². The minimum absolute atomic E-state index is 0.330. The molecule has 0 unspecified atom stereocenters. The highest BCUT2D eigenvalue weighted by Gasteiger charge is 2.26. The maximum absolute atomic E-state index is 12.2. The molecule has 0 atom stereocenters. The highest BCUT2D eigenvalue weighted by Crippen LogP contribution is 2.22. The Morgan fingerprint density at radius 2 is 1.75 bits per heavy atom. The predicted molar refractivity (Wildman–Crippen MR) is 78.4 cm³/mol. The highest BCUT2D eigenvalue weighted by molar-refractivity contribution is 6.04. The second-order valence-corrected chi connectivity index (χ2v) is 5.12. The van der Waals surface area contributed by atoms with Gasteiger partial charge in [-0.3, -0.25) is 4.79 Å². The fraction of sp³-hybridized carbons (Fsp3) is 0.267. The second kappa shape index (κ2) is 5.48. The number of carbonyl (C=O) groups is 1. The van der Waals surface area contributed by atoms with Crippen molar-refractivity contribution >= 4 is 22.4 Å². The van der Waals surface area contributed by atoms with Gasteiger partial charge in [-0.1, -0.05) is 24.3 Å². The molecule has 0 aliphatic rings. The normalized spacial score (nSPS) is 11.6. The van der Waals surface area contributed by atoms with Crippen molar-refractivity contribution < 1.29 is 15.0 Å². The van der Waals surface area contributed by atoms with Gasteiger partial charge in [0.25, 0.3) is 5.91 Å². The molecule has 0 fully saturated rings. The monoisotopic (exact) mass is 274 g/mol. The molecule has 106 valence electrons. The number of carbonyl (C=O) groups excluding carboxylic acids is 1. The Morgan fingerprint density at radius 1 is 1.20 bits per heavy atom. The van der Waals surface area contributed by atoms with E-state index in [0.29, 0.717) is 11.3 Å². The van der Waals surface area contributed by atoms with Gasteiger partial charge in [0.2, 0.25) is 0 Å². The van der Waals surface area contributed by atoms with Crippen LogP contribution in [0.5, 0.6) is 0 Å². The number of rotatable bonds is 4. The molecule has 2 aromatic carbocycles. The molecule has 0 spiro atoms. The Kier molecular flexibility index (Phi) is 3.92. The average molecular weight is 274 g/mol. The number of nitrogens with one attached hydrogen (secondary N) is 1. The minimum atomic E-state index is -1.07. The van der Waals surface area contributed by atoms with Gasteiger partial charge in [0.15, 0.2) is 0 Å². The van der Waals surface area contributed by atoms with E-state index >= 15 is 0 Å². The van der Waals surface area contributed by atoms with Crippen LogP contribution in [0.3, 0.4) is 0 Å². The van der Waals surface area contributed by atoms with Gasteiger partial charge in [-0.2, -0.15) is 0 Å². The van der Waals surface area contributed by atoms with Crippen molar-refractivity contribution in [1.29, 1.82) is 0 Å². The zero-order valence-electron chi connectivity index (χ0n) is 11.3. The molecule has 2 rings (SSSR count). The molecule has 0 saturated heterocycles. The summed E-state index contributed by atoms with van der Waals surface area (Å²) >= 11 is 0. The van der Waals surface area contributed by atoms with E-state index in [1.165, 1.54) is 0 Å². The Hall–Kier alpha value is -2.11. The van der Waals surface area contributed by atoms with Crippen LogP contribution in [-0.4, -0.2) is 34.9 Å². The Morgan fingerprint density at radius 3 is 2.30 bits per heavy atom. The van der Waals surface area contributed by atoms with Crippen LogP contribution in [0.2, 0.25) is 0 Å². The van der Waals surface area contributed by atoms with Crippen molar-refractivity contribution in [2.75, 3.05) is 18.9 Å². The van der Waals surface area contributed by atoms with Gasteiger partial charge < -0.3 is 21.3 Å². The summed E-state index contributed by atoms with van der Waals surface area (Å²) in [7, 11) is 0. The van der Waals surface area contributed by atoms with Crippen LogP contribution in [-0.2, 0) is 0 Å². The van der Waals surface area contributed by atoms with Crippen molar-refractivity contribution in [3.63, 3.8) is 0 Å². The Labute approximate surface area is 117 Å². The molecule has 2 aromatic rings. The van der Waals surface area contributed by atoms with Crippen LogP contribution in [0.15, 0.2) is 36.4 Å². The van der Waals surface area contributed by atoms with Crippen LogP contribution in [0, 0.1) is 0 Å². The second-order valence-electron chi connectivity index (χ2n) is 5.12. The summed E-state index contributed by atoms with van der Waals surface area (Å²) in [6, 6.07) is 11.0. The van der Waals surface area contributed by atoms with E-state index < -0.39 is 11.4 Å². The molecule has 5 N–H and O–H groups in total. The van der Waals surface area contributed by atoms with Gasteiger partial charge in [-0.15, -0.1) is 0 Å². The van der Waals surface area contributed by atoms with E-state index in [4.69, 9.17) is 5.73 Å². The number of nitrogens with two attached hydrogens (primary N) is 1. The first kappa shape index (κ1) is 14.3. The number of fused-ring (bicyclic) bond motifs is 1. The molecule has 0 aliphatic carbocycles. The lowest BCUT2D eigenvalue weighted by Crippen LogP contribution is -2.51. The minimum Gasteiger partial charge on any atom is -0.398 e. The largest absolute Gasteiger partial charge is 0.398 e. The molecule has 0 bridgehead atoms. The summed E-state index contributed by atoms with van der Waals surface area (Å²) in [6.07, 6.45) is 0. The third-order valence-corrected chi connectivity index (χ3v) is 3.28. The first-order valence-electron chi connectivity index (χ1n) is 6.31.